The molecule has 0 saturated carbocycles. The maximum atomic E-state index is 10.7. The van der Waals surface area contributed by atoms with Crippen LogP contribution in [-0.2, 0) is 4.79 Å². The van der Waals surface area contributed by atoms with Crippen molar-refractivity contribution in [3.63, 3.8) is 0 Å². The average Bonchev–Trinajstić information content (AvgIpc) is 2.14. The Bertz CT molecular complexity index is 145. The molecule has 0 amide bonds. The van der Waals surface area contributed by atoms with Crippen LogP contribution in [-0.4, -0.2) is 5.78 Å². The molecule has 0 unspecified atom stereocenters. The molecular weight excluding hydrogens is 112 g/mol. The molecule has 1 nitrogen and oxygen atoms in total. The third-order valence-electron chi connectivity index (χ3n) is 1.82. The van der Waals surface area contributed by atoms with Crippen LogP contribution in [0.5, 0.6) is 0 Å². The van der Waals surface area contributed by atoms with Crippen molar-refractivity contribution in [2.75, 3.05) is 0 Å². The van der Waals surface area contributed by atoms with Crippen molar-refractivity contribution in [3.05, 3.63) is 12.2 Å². The topological polar surface area (TPSA) is 17.1 Å². The van der Waals surface area contributed by atoms with E-state index >= 15 is 0 Å². The minimum absolute atomic E-state index is 0.286. The standard InChI is InChI=1S/C8H12O/c1-6(2)7-3-4-8(9)5-7/h3-4,6-7H,5H2,1-2H3/t7-/m1/s1. The molecule has 1 rings (SSSR count). The van der Waals surface area contributed by atoms with Crippen LogP contribution in [0.1, 0.15) is 20.3 Å². The molecule has 1 aliphatic rings. The fourth-order valence-electron chi connectivity index (χ4n) is 1.06. The van der Waals surface area contributed by atoms with Gasteiger partial charge in [0, 0.05) is 6.42 Å². The quantitative estimate of drug-likeness (QED) is 0.520. The smallest absolute Gasteiger partial charge is 0.155 e. The molecule has 0 N–H and O–H groups in total. The first kappa shape index (κ1) is 6.53. The molecule has 1 atom stereocenters. The van der Waals surface area contributed by atoms with Gasteiger partial charge in [-0.05, 0) is 17.9 Å². The van der Waals surface area contributed by atoms with Crippen molar-refractivity contribution < 1.29 is 4.79 Å². The number of carbonyl (C=O) groups is 1. The Labute approximate surface area is 55.8 Å². The predicted octanol–water partition coefficient (Wildman–Crippen LogP) is 1.79. The Morgan fingerprint density at radius 3 is 2.56 bits per heavy atom. The van der Waals surface area contributed by atoms with Gasteiger partial charge in [-0.2, -0.15) is 0 Å². The molecule has 0 radical (unpaired) electrons. The molecule has 1 aliphatic carbocycles. The van der Waals surface area contributed by atoms with Gasteiger partial charge in [0.15, 0.2) is 5.78 Å². The summed E-state index contributed by atoms with van der Waals surface area (Å²) in [5.41, 5.74) is 0. The molecule has 0 aromatic carbocycles. The molecule has 0 saturated heterocycles. The zero-order valence-corrected chi connectivity index (χ0v) is 5.92. The van der Waals surface area contributed by atoms with Gasteiger partial charge in [-0.1, -0.05) is 19.9 Å². The van der Waals surface area contributed by atoms with Gasteiger partial charge in [0.2, 0.25) is 0 Å². The van der Waals surface area contributed by atoms with E-state index in [0.29, 0.717) is 11.8 Å². The van der Waals surface area contributed by atoms with Crippen molar-refractivity contribution in [2.24, 2.45) is 11.8 Å². The minimum Gasteiger partial charge on any atom is -0.295 e. The summed E-state index contributed by atoms with van der Waals surface area (Å²) in [6.45, 7) is 4.29. The highest BCUT2D eigenvalue weighted by Gasteiger charge is 2.17. The van der Waals surface area contributed by atoms with Gasteiger partial charge in [0.1, 0.15) is 0 Å². The SMILES string of the molecule is CC(C)[C@@H]1C=CC(=O)C1. The van der Waals surface area contributed by atoms with Gasteiger partial charge in [-0.15, -0.1) is 0 Å². The lowest BCUT2D eigenvalue weighted by atomic mass is 9.96. The van der Waals surface area contributed by atoms with Gasteiger partial charge >= 0.3 is 0 Å². The lowest BCUT2D eigenvalue weighted by Gasteiger charge is -2.08. The van der Waals surface area contributed by atoms with Crippen molar-refractivity contribution in [3.8, 4) is 0 Å². The van der Waals surface area contributed by atoms with Crippen LogP contribution in [0.4, 0.5) is 0 Å². The first-order valence-corrected chi connectivity index (χ1v) is 3.41. The molecule has 9 heavy (non-hydrogen) atoms. The number of allylic oxidation sites excluding steroid dienone is 2. The maximum absolute atomic E-state index is 10.7. The Kier molecular flexibility index (Phi) is 1.70. The minimum atomic E-state index is 0.286. The van der Waals surface area contributed by atoms with E-state index in [2.05, 4.69) is 13.8 Å². The summed E-state index contributed by atoms with van der Waals surface area (Å²) in [5.74, 6) is 1.42. The van der Waals surface area contributed by atoms with Crippen molar-refractivity contribution >= 4 is 5.78 Å². The molecule has 50 valence electrons. The van der Waals surface area contributed by atoms with E-state index in [1.807, 2.05) is 6.08 Å². The second-order valence-electron chi connectivity index (χ2n) is 2.94. The summed E-state index contributed by atoms with van der Waals surface area (Å²) in [7, 11) is 0. The van der Waals surface area contributed by atoms with Gasteiger partial charge in [-0.3, -0.25) is 4.79 Å². The van der Waals surface area contributed by atoms with E-state index in [1.54, 1.807) is 6.08 Å². The monoisotopic (exact) mass is 124 g/mol. The molecule has 0 fully saturated rings. The van der Waals surface area contributed by atoms with Crippen LogP contribution < -0.4 is 0 Å². The summed E-state index contributed by atoms with van der Waals surface area (Å²) in [4.78, 5) is 10.7. The first-order valence-electron chi connectivity index (χ1n) is 3.41. The summed E-state index contributed by atoms with van der Waals surface area (Å²) in [6, 6.07) is 0. The van der Waals surface area contributed by atoms with Gasteiger partial charge in [0.25, 0.3) is 0 Å². The lowest BCUT2D eigenvalue weighted by molar-refractivity contribution is -0.114. The number of hydrogen-bond donors (Lipinski definition) is 0. The molecule has 0 bridgehead atoms. The van der Waals surface area contributed by atoms with Gasteiger partial charge < -0.3 is 0 Å². The Balaban J connectivity index is 2.50. The third-order valence-corrected chi connectivity index (χ3v) is 1.82. The number of ketones is 1. The van der Waals surface area contributed by atoms with Crippen molar-refractivity contribution in [2.45, 2.75) is 20.3 Å². The Hall–Kier alpha value is -0.590. The molecule has 0 spiro atoms. The van der Waals surface area contributed by atoms with Crippen LogP contribution in [0, 0.1) is 11.8 Å². The second kappa shape index (κ2) is 2.34. The first-order chi connectivity index (χ1) is 4.20. The largest absolute Gasteiger partial charge is 0.295 e. The highest BCUT2D eigenvalue weighted by molar-refractivity contribution is 5.92. The van der Waals surface area contributed by atoms with Crippen LogP contribution in [0.2, 0.25) is 0 Å². The number of hydrogen-bond acceptors (Lipinski definition) is 1. The molecule has 1 heteroatoms. The molecule has 0 heterocycles. The van der Waals surface area contributed by atoms with E-state index in [4.69, 9.17) is 0 Å². The molecule has 0 aromatic rings. The van der Waals surface area contributed by atoms with Crippen LogP contribution in [0.15, 0.2) is 12.2 Å². The highest BCUT2D eigenvalue weighted by Crippen LogP contribution is 2.21. The van der Waals surface area contributed by atoms with E-state index in [9.17, 15) is 4.79 Å². The Morgan fingerprint density at radius 2 is 2.33 bits per heavy atom. The zero-order valence-electron chi connectivity index (χ0n) is 5.92. The zero-order chi connectivity index (χ0) is 6.85. The summed E-state index contributed by atoms with van der Waals surface area (Å²) in [6.07, 6.45) is 4.45. The predicted molar refractivity (Wildman–Crippen MR) is 37.1 cm³/mol. The van der Waals surface area contributed by atoms with Crippen molar-refractivity contribution in [1.82, 2.24) is 0 Å². The Morgan fingerprint density at radius 1 is 1.67 bits per heavy atom. The fourth-order valence-corrected chi connectivity index (χ4v) is 1.06. The number of carbonyl (C=O) groups excluding carboxylic acids is 1. The third kappa shape index (κ3) is 1.41. The summed E-state index contributed by atoms with van der Waals surface area (Å²) in [5, 5.41) is 0. The molecule has 0 aliphatic heterocycles. The van der Waals surface area contributed by atoms with Crippen molar-refractivity contribution in [1.29, 1.82) is 0 Å². The summed E-state index contributed by atoms with van der Waals surface area (Å²) < 4.78 is 0. The normalized spacial score (nSPS) is 26.1. The van der Waals surface area contributed by atoms with Gasteiger partial charge in [0.05, 0.1) is 0 Å². The van der Waals surface area contributed by atoms with Crippen LogP contribution in [0.25, 0.3) is 0 Å². The van der Waals surface area contributed by atoms with E-state index in [-0.39, 0.29) is 5.78 Å². The summed E-state index contributed by atoms with van der Waals surface area (Å²) >= 11 is 0. The highest BCUT2D eigenvalue weighted by atomic mass is 16.1. The van der Waals surface area contributed by atoms with Crippen LogP contribution in [0.3, 0.4) is 0 Å². The van der Waals surface area contributed by atoms with Gasteiger partial charge in [-0.25, -0.2) is 0 Å². The van der Waals surface area contributed by atoms with Crippen LogP contribution >= 0.6 is 0 Å². The lowest BCUT2D eigenvalue weighted by Crippen LogP contribution is -2.03. The fraction of sp³-hybridized carbons (Fsp3) is 0.625. The van der Waals surface area contributed by atoms with E-state index < -0.39 is 0 Å². The average molecular weight is 124 g/mol. The molecular formula is C8H12O. The number of rotatable bonds is 1. The second-order valence-corrected chi connectivity index (χ2v) is 2.94. The van der Waals surface area contributed by atoms with E-state index in [0.717, 1.165) is 6.42 Å². The maximum Gasteiger partial charge on any atom is 0.155 e. The molecule has 0 aromatic heterocycles. The van der Waals surface area contributed by atoms with E-state index in [1.165, 1.54) is 0 Å².